The van der Waals surface area contributed by atoms with Gasteiger partial charge in [-0.25, -0.2) is 4.39 Å². The summed E-state index contributed by atoms with van der Waals surface area (Å²) < 4.78 is 19.3. The maximum atomic E-state index is 14.1. The fourth-order valence-corrected chi connectivity index (χ4v) is 3.05. The van der Waals surface area contributed by atoms with Crippen molar-refractivity contribution in [1.29, 1.82) is 0 Å². The average molecular weight is 400 g/mol. The van der Waals surface area contributed by atoms with Gasteiger partial charge in [-0.15, -0.1) is 0 Å². The molecule has 3 rings (SSSR count). The van der Waals surface area contributed by atoms with Crippen molar-refractivity contribution in [1.82, 2.24) is 0 Å². The Morgan fingerprint density at radius 2 is 1.86 bits per heavy atom. The van der Waals surface area contributed by atoms with Crippen LogP contribution in [-0.4, -0.2) is 23.5 Å². The van der Waals surface area contributed by atoms with E-state index >= 15 is 0 Å². The van der Waals surface area contributed by atoms with E-state index < -0.39 is 5.82 Å². The second kappa shape index (κ2) is 8.76. The van der Waals surface area contributed by atoms with E-state index in [-0.39, 0.29) is 34.1 Å². The summed E-state index contributed by atoms with van der Waals surface area (Å²) in [6.07, 6.45) is 1.47. The lowest BCUT2D eigenvalue weighted by atomic mass is 10.00. The summed E-state index contributed by atoms with van der Waals surface area (Å²) >= 11 is 6.06. The van der Waals surface area contributed by atoms with Crippen LogP contribution in [0.25, 0.3) is 0 Å². The molecule has 0 amide bonds. The van der Waals surface area contributed by atoms with Gasteiger partial charge in [-0.3, -0.25) is 4.99 Å². The lowest BCUT2D eigenvalue weighted by Crippen LogP contribution is -1.97. The molecule has 0 radical (unpaired) electrons. The minimum absolute atomic E-state index is 0.0409. The van der Waals surface area contributed by atoms with Crippen LogP contribution in [0.2, 0.25) is 5.02 Å². The highest BCUT2D eigenvalue weighted by atomic mass is 35.5. The fraction of sp³-hybridized carbons (Fsp3) is 0.136. The van der Waals surface area contributed by atoms with Gasteiger partial charge in [0, 0.05) is 34.3 Å². The number of methoxy groups -OCH3 is 1. The first-order chi connectivity index (χ1) is 13.5. The van der Waals surface area contributed by atoms with E-state index in [1.165, 1.54) is 24.4 Å². The number of halogens is 2. The smallest absolute Gasteiger partial charge is 0.131 e. The Kier molecular flexibility index (Phi) is 6.16. The zero-order chi connectivity index (χ0) is 20.1. The van der Waals surface area contributed by atoms with Gasteiger partial charge in [0.05, 0.1) is 13.7 Å². The van der Waals surface area contributed by atoms with Crippen molar-refractivity contribution in [3.05, 3.63) is 87.7 Å². The Morgan fingerprint density at radius 3 is 2.61 bits per heavy atom. The second-order valence-electron chi connectivity index (χ2n) is 6.20. The van der Waals surface area contributed by atoms with Gasteiger partial charge < -0.3 is 14.9 Å². The molecule has 0 fully saturated rings. The van der Waals surface area contributed by atoms with Crippen molar-refractivity contribution < 1.29 is 19.3 Å². The summed E-state index contributed by atoms with van der Waals surface area (Å²) in [5, 5.41) is 20.9. The van der Waals surface area contributed by atoms with E-state index in [9.17, 15) is 14.6 Å². The van der Waals surface area contributed by atoms with Crippen molar-refractivity contribution in [2.45, 2.75) is 13.0 Å². The second-order valence-corrected chi connectivity index (χ2v) is 6.61. The average Bonchev–Trinajstić information content (AvgIpc) is 2.69. The molecule has 0 aliphatic heterocycles. The number of ether oxygens (including phenoxy) is 1. The van der Waals surface area contributed by atoms with Crippen molar-refractivity contribution in [3.63, 3.8) is 0 Å². The molecule has 0 aromatic heterocycles. The first-order valence-corrected chi connectivity index (χ1v) is 8.97. The Hall–Kier alpha value is -3.05. The third-order valence-corrected chi connectivity index (χ3v) is 4.70. The van der Waals surface area contributed by atoms with Crippen molar-refractivity contribution in [3.8, 4) is 17.2 Å². The van der Waals surface area contributed by atoms with Gasteiger partial charge in [0.2, 0.25) is 0 Å². The number of phenolic OH excluding ortho intramolecular Hbond substituents is 2. The van der Waals surface area contributed by atoms with Gasteiger partial charge in [0.25, 0.3) is 0 Å². The van der Waals surface area contributed by atoms with Crippen LogP contribution in [0.15, 0.2) is 59.6 Å². The Labute approximate surface area is 167 Å². The number of nitrogens with zero attached hydrogens (tertiary/aromatic N) is 1. The molecular formula is C22H19ClFNO3. The number of aromatic hydroxyl groups is 2. The van der Waals surface area contributed by atoms with Gasteiger partial charge >= 0.3 is 0 Å². The maximum absolute atomic E-state index is 14.1. The lowest BCUT2D eigenvalue weighted by Gasteiger charge is -2.11. The minimum Gasteiger partial charge on any atom is -0.508 e. The van der Waals surface area contributed by atoms with Gasteiger partial charge in [-0.05, 0) is 42.0 Å². The van der Waals surface area contributed by atoms with Crippen molar-refractivity contribution >= 4 is 17.8 Å². The number of aliphatic imine (C=N–C) groups is 1. The van der Waals surface area contributed by atoms with E-state index in [0.29, 0.717) is 12.1 Å². The summed E-state index contributed by atoms with van der Waals surface area (Å²) in [6.45, 7) is 0.395. The van der Waals surface area contributed by atoms with Crippen LogP contribution in [0.1, 0.15) is 22.3 Å². The maximum Gasteiger partial charge on any atom is 0.131 e. The largest absolute Gasteiger partial charge is 0.508 e. The molecule has 0 bridgehead atoms. The molecule has 0 saturated heterocycles. The Bertz CT molecular complexity index is 1000. The van der Waals surface area contributed by atoms with Crippen LogP contribution in [0.3, 0.4) is 0 Å². The number of hydrogen-bond donors (Lipinski definition) is 2. The zero-order valence-corrected chi connectivity index (χ0v) is 15.9. The summed E-state index contributed by atoms with van der Waals surface area (Å²) in [5.41, 5.74) is 1.77. The van der Waals surface area contributed by atoms with Crippen molar-refractivity contribution in [2.24, 2.45) is 4.99 Å². The lowest BCUT2D eigenvalue weighted by molar-refractivity contribution is 0.414. The molecule has 2 N–H and O–H groups in total. The molecule has 28 heavy (non-hydrogen) atoms. The number of hydrogen-bond acceptors (Lipinski definition) is 4. The molecule has 0 aliphatic rings. The molecule has 0 saturated carbocycles. The van der Waals surface area contributed by atoms with Gasteiger partial charge in [0.1, 0.15) is 23.1 Å². The van der Waals surface area contributed by atoms with Crippen LogP contribution < -0.4 is 4.74 Å². The third-order valence-electron chi connectivity index (χ3n) is 4.34. The van der Waals surface area contributed by atoms with Gasteiger partial charge in [0.15, 0.2) is 0 Å². The Balaban J connectivity index is 1.84. The topological polar surface area (TPSA) is 62.0 Å². The molecule has 3 aromatic rings. The molecule has 3 aromatic carbocycles. The molecule has 0 spiro atoms. The summed E-state index contributed by atoms with van der Waals surface area (Å²) in [5.74, 6) is -0.0527. The molecule has 144 valence electrons. The molecule has 4 nitrogen and oxygen atoms in total. The zero-order valence-electron chi connectivity index (χ0n) is 15.2. The summed E-state index contributed by atoms with van der Waals surface area (Å²) in [6, 6.07) is 14.9. The van der Waals surface area contributed by atoms with Crippen LogP contribution in [-0.2, 0) is 13.0 Å². The van der Waals surface area contributed by atoms with Crippen LogP contribution in [0.4, 0.5) is 4.39 Å². The minimum atomic E-state index is -0.497. The Morgan fingerprint density at radius 1 is 1.07 bits per heavy atom. The third kappa shape index (κ3) is 4.43. The fourth-order valence-electron chi connectivity index (χ4n) is 2.82. The first-order valence-electron chi connectivity index (χ1n) is 8.59. The van der Waals surface area contributed by atoms with E-state index in [0.717, 1.165) is 11.3 Å². The monoisotopic (exact) mass is 399 g/mol. The number of phenols is 2. The summed E-state index contributed by atoms with van der Waals surface area (Å²) in [4.78, 5) is 4.34. The predicted molar refractivity (Wildman–Crippen MR) is 108 cm³/mol. The van der Waals surface area contributed by atoms with Crippen LogP contribution >= 0.6 is 11.6 Å². The van der Waals surface area contributed by atoms with E-state index in [1.807, 2.05) is 24.3 Å². The van der Waals surface area contributed by atoms with E-state index in [1.54, 1.807) is 19.2 Å². The van der Waals surface area contributed by atoms with Gasteiger partial charge in [-0.1, -0.05) is 29.8 Å². The standard InChI is InChI=1S/C22H19ClFNO3/c1-28-16-5-2-4-14(10-16)12-25-13-15-8-9-21(26)18(22(15)27)11-17-19(23)6-3-7-20(17)24/h2-10,13,26-27H,11-12H2,1H3. The van der Waals surface area contributed by atoms with Crippen LogP contribution in [0.5, 0.6) is 17.2 Å². The van der Waals surface area contributed by atoms with E-state index in [2.05, 4.69) is 4.99 Å². The molecule has 0 atom stereocenters. The highest BCUT2D eigenvalue weighted by molar-refractivity contribution is 6.31. The molecule has 0 unspecified atom stereocenters. The van der Waals surface area contributed by atoms with E-state index in [4.69, 9.17) is 16.3 Å². The number of rotatable bonds is 6. The van der Waals surface area contributed by atoms with Crippen molar-refractivity contribution in [2.75, 3.05) is 7.11 Å². The number of benzene rings is 3. The van der Waals surface area contributed by atoms with Gasteiger partial charge in [-0.2, -0.15) is 0 Å². The highest BCUT2D eigenvalue weighted by Crippen LogP contribution is 2.34. The molecule has 6 heteroatoms. The first kappa shape index (κ1) is 19.7. The molecular weight excluding hydrogens is 381 g/mol. The normalized spacial score (nSPS) is 11.1. The summed E-state index contributed by atoms with van der Waals surface area (Å²) in [7, 11) is 1.60. The molecule has 0 aliphatic carbocycles. The molecule has 0 heterocycles. The predicted octanol–water partition coefficient (Wildman–Crippen LogP) is 5.11. The highest BCUT2D eigenvalue weighted by Gasteiger charge is 2.16. The quantitative estimate of drug-likeness (QED) is 0.566. The SMILES string of the molecule is COc1cccc(CN=Cc2ccc(O)c(Cc3c(F)cccc3Cl)c2O)c1. The van der Waals surface area contributed by atoms with Crippen LogP contribution in [0, 0.1) is 5.82 Å².